The molecule has 0 saturated heterocycles. The van der Waals surface area contributed by atoms with E-state index in [9.17, 15) is 9.59 Å². The van der Waals surface area contributed by atoms with Gasteiger partial charge in [0.05, 0.1) is 5.56 Å². The van der Waals surface area contributed by atoms with Crippen LogP contribution < -0.4 is 10.5 Å². The molecule has 0 spiro atoms. The van der Waals surface area contributed by atoms with Gasteiger partial charge < -0.3 is 10.5 Å². The summed E-state index contributed by atoms with van der Waals surface area (Å²) in [5.74, 6) is -0.513. The monoisotopic (exact) mass is 343 g/mol. The highest BCUT2D eigenvalue weighted by Gasteiger charge is 2.15. The molecular weight excluding hydrogens is 326 g/mol. The summed E-state index contributed by atoms with van der Waals surface area (Å²) in [7, 11) is 0. The van der Waals surface area contributed by atoms with Crippen LogP contribution in [0, 0.1) is 0 Å². The molecule has 1 aliphatic carbocycles. The van der Waals surface area contributed by atoms with Crippen LogP contribution in [0.4, 0.5) is 0 Å². The van der Waals surface area contributed by atoms with Crippen molar-refractivity contribution in [1.29, 1.82) is 0 Å². The van der Waals surface area contributed by atoms with Crippen LogP contribution in [-0.2, 0) is 12.8 Å². The molecule has 0 heterocycles. The number of fused-ring (bicyclic) bond motifs is 1. The third-order valence-corrected chi connectivity index (χ3v) is 4.47. The van der Waals surface area contributed by atoms with Gasteiger partial charge in [-0.3, -0.25) is 9.59 Å². The first kappa shape index (κ1) is 16.5. The number of carbonyl (C=O) groups is 2. The van der Waals surface area contributed by atoms with Gasteiger partial charge in [-0.2, -0.15) is 0 Å². The maximum Gasteiger partial charge on any atom is 0.252 e. The van der Waals surface area contributed by atoms with Crippen molar-refractivity contribution in [2.75, 3.05) is 6.61 Å². The van der Waals surface area contributed by atoms with Crippen molar-refractivity contribution in [1.82, 2.24) is 0 Å². The summed E-state index contributed by atoms with van der Waals surface area (Å²) in [6.45, 7) is -0.152. The summed E-state index contributed by atoms with van der Waals surface area (Å²) < 4.78 is 5.50. The van der Waals surface area contributed by atoms with Crippen LogP contribution in [0.25, 0.3) is 0 Å². The molecule has 4 nitrogen and oxygen atoms in total. The Balaban J connectivity index is 1.73. The van der Waals surface area contributed by atoms with Crippen LogP contribution >= 0.6 is 11.6 Å². The number of primary amides is 1. The van der Waals surface area contributed by atoms with Gasteiger partial charge in [-0.05, 0) is 61.1 Å². The molecule has 1 amide bonds. The number of ketones is 1. The van der Waals surface area contributed by atoms with E-state index in [0.717, 1.165) is 19.3 Å². The van der Waals surface area contributed by atoms with Crippen molar-refractivity contribution in [3.8, 4) is 5.75 Å². The van der Waals surface area contributed by atoms with E-state index in [-0.39, 0.29) is 23.7 Å². The molecule has 0 saturated carbocycles. The minimum Gasteiger partial charge on any atom is -0.485 e. The minimum absolute atomic E-state index is 0.131. The van der Waals surface area contributed by atoms with E-state index in [1.807, 2.05) is 18.2 Å². The molecule has 2 N–H and O–H groups in total. The number of benzene rings is 2. The first-order valence-electron chi connectivity index (χ1n) is 7.92. The summed E-state index contributed by atoms with van der Waals surface area (Å²) in [5, 5.41) is 0.386. The highest BCUT2D eigenvalue weighted by Crippen LogP contribution is 2.24. The Bertz CT molecular complexity index is 801. The number of rotatable bonds is 5. The van der Waals surface area contributed by atoms with Gasteiger partial charge in [0, 0.05) is 10.6 Å². The van der Waals surface area contributed by atoms with Gasteiger partial charge in [-0.15, -0.1) is 0 Å². The number of ether oxygens (including phenoxy) is 1. The lowest BCUT2D eigenvalue weighted by atomic mass is 9.90. The molecule has 24 heavy (non-hydrogen) atoms. The number of hydrogen-bond acceptors (Lipinski definition) is 3. The molecule has 124 valence electrons. The van der Waals surface area contributed by atoms with Crippen LogP contribution in [0.3, 0.4) is 0 Å². The second-order valence-electron chi connectivity index (χ2n) is 5.91. The number of Topliss-reactive ketones (excluding diaryl/α,β-unsaturated/α-hetero) is 1. The molecule has 0 fully saturated rings. The first-order valence-corrected chi connectivity index (χ1v) is 8.29. The maximum atomic E-state index is 12.4. The van der Waals surface area contributed by atoms with E-state index in [4.69, 9.17) is 22.1 Å². The first-order chi connectivity index (χ1) is 11.5. The van der Waals surface area contributed by atoms with Gasteiger partial charge in [0.25, 0.3) is 5.91 Å². The number of carbonyl (C=O) groups excluding carboxylic acids is 2. The lowest BCUT2D eigenvalue weighted by molar-refractivity contribution is 0.0912. The van der Waals surface area contributed by atoms with Crippen LogP contribution in [0.15, 0.2) is 36.4 Å². The topological polar surface area (TPSA) is 69.4 Å². The SMILES string of the molecule is NC(=O)c1cc(Cl)ccc1OCC(=O)c1ccc2c(c1)CCCC2. The second-order valence-corrected chi connectivity index (χ2v) is 6.34. The smallest absolute Gasteiger partial charge is 0.252 e. The predicted molar refractivity (Wildman–Crippen MR) is 92.9 cm³/mol. The zero-order valence-corrected chi connectivity index (χ0v) is 13.9. The van der Waals surface area contributed by atoms with Gasteiger partial charge in [0.2, 0.25) is 0 Å². The lowest BCUT2D eigenvalue weighted by Crippen LogP contribution is -2.17. The van der Waals surface area contributed by atoms with E-state index in [1.165, 1.54) is 23.6 Å². The third-order valence-electron chi connectivity index (χ3n) is 4.24. The molecule has 2 aromatic rings. The summed E-state index contributed by atoms with van der Waals surface area (Å²) in [5.41, 5.74) is 8.68. The van der Waals surface area contributed by atoms with Gasteiger partial charge >= 0.3 is 0 Å². The Labute approximate surface area is 145 Å². The second kappa shape index (κ2) is 7.05. The quantitative estimate of drug-likeness (QED) is 0.843. The number of hydrogen-bond donors (Lipinski definition) is 1. The van der Waals surface area contributed by atoms with Crippen LogP contribution in [-0.4, -0.2) is 18.3 Å². The Morgan fingerprint density at radius 2 is 1.79 bits per heavy atom. The highest BCUT2D eigenvalue weighted by molar-refractivity contribution is 6.31. The maximum absolute atomic E-state index is 12.4. The van der Waals surface area contributed by atoms with Crippen LogP contribution in [0.1, 0.15) is 44.7 Å². The largest absolute Gasteiger partial charge is 0.485 e. The third kappa shape index (κ3) is 3.60. The fourth-order valence-electron chi connectivity index (χ4n) is 2.95. The minimum atomic E-state index is -0.645. The van der Waals surface area contributed by atoms with E-state index in [0.29, 0.717) is 10.6 Å². The number of amides is 1. The molecule has 0 aliphatic heterocycles. The van der Waals surface area contributed by atoms with Gasteiger partial charge in [-0.25, -0.2) is 0 Å². The van der Waals surface area contributed by atoms with Gasteiger partial charge in [0.15, 0.2) is 12.4 Å². The molecule has 3 rings (SSSR count). The van der Waals surface area contributed by atoms with E-state index < -0.39 is 5.91 Å². The molecular formula is C19H18ClNO3. The summed E-state index contributed by atoms with van der Waals surface area (Å²) in [6, 6.07) is 10.4. The Hall–Kier alpha value is -2.33. The van der Waals surface area contributed by atoms with Crippen LogP contribution in [0.5, 0.6) is 5.75 Å². The standard InChI is InChI=1S/C19H18ClNO3/c20-15-7-8-18(16(10-15)19(21)23)24-11-17(22)14-6-5-12-3-1-2-4-13(12)9-14/h5-10H,1-4,11H2,(H2,21,23). The van der Waals surface area contributed by atoms with Crippen molar-refractivity contribution >= 4 is 23.3 Å². The number of nitrogens with two attached hydrogens (primary N) is 1. The Morgan fingerprint density at radius 1 is 1.04 bits per heavy atom. The molecule has 0 bridgehead atoms. The normalized spacial score (nSPS) is 13.2. The Morgan fingerprint density at radius 3 is 2.54 bits per heavy atom. The summed E-state index contributed by atoms with van der Waals surface area (Å²) >= 11 is 5.86. The van der Waals surface area contributed by atoms with Crippen molar-refractivity contribution in [3.63, 3.8) is 0 Å². The highest BCUT2D eigenvalue weighted by atomic mass is 35.5. The fraction of sp³-hybridized carbons (Fsp3) is 0.263. The van der Waals surface area contributed by atoms with E-state index in [1.54, 1.807) is 12.1 Å². The predicted octanol–water partition coefficient (Wildman–Crippen LogP) is 3.58. The van der Waals surface area contributed by atoms with Gasteiger partial charge in [0.1, 0.15) is 5.75 Å². The average molecular weight is 344 g/mol. The average Bonchev–Trinajstić information content (AvgIpc) is 2.59. The van der Waals surface area contributed by atoms with Crippen molar-refractivity contribution in [2.45, 2.75) is 25.7 Å². The van der Waals surface area contributed by atoms with Gasteiger partial charge in [-0.1, -0.05) is 23.7 Å². The zero-order chi connectivity index (χ0) is 17.1. The summed E-state index contributed by atoms with van der Waals surface area (Å²) in [4.78, 5) is 23.8. The van der Waals surface area contributed by atoms with Crippen molar-refractivity contribution in [3.05, 3.63) is 63.7 Å². The molecule has 5 heteroatoms. The molecule has 1 aliphatic rings. The van der Waals surface area contributed by atoms with E-state index in [2.05, 4.69) is 0 Å². The molecule has 0 atom stereocenters. The molecule has 2 aromatic carbocycles. The van der Waals surface area contributed by atoms with Crippen molar-refractivity contribution < 1.29 is 14.3 Å². The number of halogens is 1. The zero-order valence-electron chi connectivity index (χ0n) is 13.2. The summed E-state index contributed by atoms with van der Waals surface area (Å²) in [6.07, 6.45) is 4.46. The molecule has 0 aromatic heterocycles. The lowest BCUT2D eigenvalue weighted by Gasteiger charge is -2.16. The molecule has 0 unspecified atom stereocenters. The van der Waals surface area contributed by atoms with Crippen LogP contribution in [0.2, 0.25) is 5.02 Å². The Kier molecular flexibility index (Phi) is 4.86. The van der Waals surface area contributed by atoms with E-state index >= 15 is 0 Å². The fourth-order valence-corrected chi connectivity index (χ4v) is 3.13. The molecule has 0 radical (unpaired) electrons. The van der Waals surface area contributed by atoms with Crippen molar-refractivity contribution in [2.24, 2.45) is 5.73 Å². The number of aryl methyl sites for hydroxylation is 2.